The lowest BCUT2D eigenvalue weighted by atomic mass is 9.91. The van der Waals surface area contributed by atoms with Gasteiger partial charge in [0.05, 0.1) is 52.0 Å². The number of hydrogen-bond donors (Lipinski definition) is 1. The molecule has 12 heteroatoms. The van der Waals surface area contributed by atoms with E-state index in [1.165, 1.54) is 18.5 Å². The SMILES string of the molecule is O=S(=O)(CCOCCC1(c2cc3c(Nc4ccc(OCc5cccc(F)c5)c(Br)c4)ncnc3cn2)CC=CO1)c1ccccc1. The van der Waals surface area contributed by atoms with Crippen molar-refractivity contribution in [1.29, 1.82) is 0 Å². The third-order valence-electron chi connectivity index (χ3n) is 7.55. The molecule has 46 heavy (non-hydrogen) atoms. The average molecular weight is 706 g/mol. The van der Waals surface area contributed by atoms with Crippen LogP contribution in [0.4, 0.5) is 15.9 Å². The van der Waals surface area contributed by atoms with E-state index in [2.05, 4.69) is 36.2 Å². The van der Waals surface area contributed by atoms with Gasteiger partial charge in [-0.3, -0.25) is 4.98 Å². The van der Waals surface area contributed by atoms with Crippen LogP contribution in [0.5, 0.6) is 5.75 Å². The van der Waals surface area contributed by atoms with Crippen molar-refractivity contribution in [3.63, 3.8) is 0 Å². The fourth-order valence-electron chi connectivity index (χ4n) is 5.10. The molecular formula is C34H30BrFN4O5S. The quantitative estimate of drug-likeness (QED) is 0.127. The van der Waals surface area contributed by atoms with E-state index < -0.39 is 15.4 Å². The van der Waals surface area contributed by atoms with E-state index in [4.69, 9.17) is 14.2 Å². The summed E-state index contributed by atoms with van der Waals surface area (Å²) in [5.41, 5.74) is 2.05. The van der Waals surface area contributed by atoms with Crippen LogP contribution in [0.15, 0.2) is 113 Å². The number of pyridine rings is 1. The summed E-state index contributed by atoms with van der Waals surface area (Å²) < 4.78 is 57.2. The maximum absolute atomic E-state index is 13.5. The molecule has 0 saturated heterocycles. The number of ether oxygens (including phenoxy) is 3. The molecule has 9 nitrogen and oxygen atoms in total. The zero-order valence-electron chi connectivity index (χ0n) is 24.6. The first-order valence-corrected chi connectivity index (χ1v) is 17.0. The summed E-state index contributed by atoms with van der Waals surface area (Å²) in [5, 5.41) is 4.11. The van der Waals surface area contributed by atoms with Gasteiger partial charge in [0.25, 0.3) is 0 Å². The summed E-state index contributed by atoms with van der Waals surface area (Å²) >= 11 is 3.57. The number of halogens is 2. The van der Waals surface area contributed by atoms with Gasteiger partial charge in [0.15, 0.2) is 15.4 Å². The Labute approximate surface area is 274 Å². The molecule has 0 amide bonds. The lowest BCUT2D eigenvalue weighted by Crippen LogP contribution is -2.28. The lowest BCUT2D eigenvalue weighted by Gasteiger charge is -2.28. The Hall–Kier alpha value is -4.39. The molecular weight excluding hydrogens is 675 g/mol. The molecule has 5 aromatic rings. The zero-order chi connectivity index (χ0) is 32.0. The van der Waals surface area contributed by atoms with E-state index in [0.717, 1.165) is 21.1 Å². The summed E-state index contributed by atoms with van der Waals surface area (Å²) in [6.45, 7) is 0.577. The summed E-state index contributed by atoms with van der Waals surface area (Å²) in [4.78, 5) is 13.8. The van der Waals surface area contributed by atoms with Crippen molar-refractivity contribution in [3.05, 3.63) is 125 Å². The fraction of sp³-hybridized carbons (Fsp3) is 0.206. The molecule has 1 atom stereocenters. The van der Waals surface area contributed by atoms with Crippen LogP contribution < -0.4 is 10.1 Å². The van der Waals surface area contributed by atoms with Gasteiger partial charge in [-0.1, -0.05) is 30.3 Å². The van der Waals surface area contributed by atoms with Crippen molar-refractivity contribution >= 4 is 48.2 Å². The van der Waals surface area contributed by atoms with E-state index in [9.17, 15) is 12.8 Å². The number of anilines is 2. The second-order valence-corrected chi connectivity index (χ2v) is 13.6. The molecule has 0 bridgehead atoms. The number of nitrogens with zero attached hydrogens (tertiary/aromatic N) is 3. The van der Waals surface area contributed by atoms with Crippen molar-refractivity contribution < 1.29 is 27.0 Å². The van der Waals surface area contributed by atoms with Crippen LogP contribution in [0.25, 0.3) is 10.9 Å². The van der Waals surface area contributed by atoms with Crippen LogP contribution in [0.3, 0.4) is 0 Å². The van der Waals surface area contributed by atoms with Gasteiger partial charge >= 0.3 is 0 Å². The highest BCUT2D eigenvalue weighted by atomic mass is 79.9. The normalized spacial score (nSPS) is 16.0. The summed E-state index contributed by atoms with van der Waals surface area (Å²) in [5.74, 6) is 0.774. The monoisotopic (exact) mass is 704 g/mol. The number of rotatable bonds is 13. The highest BCUT2D eigenvalue weighted by Gasteiger charge is 2.37. The molecule has 0 fully saturated rings. The predicted molar refractivity (Wildman–Crippen MR) is 176 cm³/mol. The van der Waals surface area contributed by atoms with E-state index in [0.29, 0.717) is 35.6 Å². The van der Waals surface area contributed by atoms with E-state index in [1.807, 2.05) is 30.3 Å². The van der Waals surface area contributed by atoms with Crippen molar-refractivity contribution in [2.75, 3.05) is 24.3 Å². The van der Waals surface area contributed by atoms with Gasteiger partial charge in [-0.25, -0.2) is 22.8 Å². The van der Waals surface area contributed by atoms with E-state index in [1.54, 1.807) is 54.9 Å². The van der Waals surface area contributed by atoms with Gasteiger partial charge < -0.3 is 19.5 Å². The highest BCUT2D eigenvalue weighted by Crippen LogP contribution is 2.39. The Morgan fingerprint density at radius 1 is 0.978 bits per heavy atom. The average Bonchev–Trinajstić information content (AvgIpc) is 3.55. The minimum atomic E-state index is -3.43. The Bertz CT molecular complexity index is 1970. The third kappa shape index (κ3) is 7.35. The first kappa shape index (κ1) is 31.6. The van der Waals surface area contributed by atoms with Crippen LogP contribution in [-0.2, 0) is 31.5 Å². The Kier molecular flexibility index (Phi) is 9.57. The van der Waals surface area contributed by atoms with Crippen molar-refractivity contribution in [2.45, 2.75) is 29.9 Å². The van der Waals surface area contributed by atoms with Gasteiger partial charge in [-0.05, 0) is 76.1 Å². The maximum atomic E-state index is 13.5. The molecule has 3 aromatic carbocycles. The molecule has 3 heterocycles. The van der Waals surface area contributed by atoms with Crippen molar-refractivity contribution in [1.82, 2.24) is 15.0 Å². The summed E-state index contributed by atoms with van der Waals surface area (Å²) in [6, 6.07) is 22.1. The van der Waals surface area contributed by atoms with Crippen molar-refractivity contribution in [2.24, 2.45) is 0 Å². The van der Waals surface area contributed by atoms with Gasteiger partial charge in [0.1, 0.15) is 30.3 Å². The van der Waals surface area contributed by atoms with Gasteiger partial charge in [0, 0.05) is 23.9 Å². The topological polar surface area (TPSA) is 113 Å². The minimum Gasteiger partial charge on any atom is -0.488 e. The Morgan fingerprint density at radius 3 is 2.63 bits per heavy atom. The van der Waals surface area contributed by atoms with Crippen LogP contribution in [0.2, 0.25) is 0 Å². The molecule has 2 aromatic heterocycles. The molecule has 1 unspecified atom stereocenters. The van der Waals surface area contributed by atoms with Crippen LogP contribution in [0.1, 0.15) is 24.1 Å². The van der Waals surface area contributed by atoms with Crippen LogP contribution in [-0.4, -0.2) is 42.3 Å². The molecule has 236 valence electrons. The number of sulfone groups is 1. The molecule has 0 aliphatic carbocycles. The first-order chi connectivity index (χ1) is 22.3. The molecule has 0 saturated carbocycles. The lowest BCUT2D eigenvalue weighted by molar-refractivity contribution is -0.000453. The van der Waals surface area contributed by atoms with Crippen LogP contribution in [0, 0.1) is 5.82 Å². The molecule has 0 radical (unpaired) electrons. The molecule has 1 aliphatic heterocycles. The first-order valence-electron chi connectivity index (χ1n) is 14.5. The highest BCUT2D eigenvalue weighted by molar-refractivity contribution is 9.10. The second-order valence-electron chi connectivity index (χ2n) is 10.7. The number of fused-ring (bicyclic) bond motifs is 1. The van der Waals surface area contributed by atoms with E-state index >= 15 is 0 Å². The van der Waals surface area contributed by atoms with Crippen molar-refractivity contribution in [3.8, 4) is 5.75 Å². The van der Waals surface area contributed by atoms with Gasteiger partial charge in [0.2, 0.25) is 0 Å². The molecule has 0 spiro atoms. The Morgan fingerprint density at radius 2 is 1.85 bits per heavy atom. The van der Waals surface area contributed by atoms with E-state index in [-0.39, 0.29) is 36.3 Å². The summed E-state index contributed by atoms with van der Waals surface area (Å²) in [6.07, 6.45) is 7.79. The third-order valence-corrected chi connectivity index (χ3v) is 9.87. The molecule has 1 aliphatic rings. The molecule has 1 N–H and O–H groups in total. The van der Waals surface area contributed by atoms with Crippen LogP contribution >= 0.6 is 15.9 Å². The standard InChI is InChI=1S/C34H30BrFN4O5S/c35-29-19-26(10-11-31(29)44-22-24-6-4-7-25(36)18-24)40-33-28-20-32(37-21-30(28)38-23-39-33)34(12-5-14-45-34)13-15-43-16-17-46(41,42)27-8-2-1-3-9-27/h1-11,14,18-21,23H,12-13,15-17,22H2,(H,38,39,40). The van der Waals surface area contributed by atoms with Gasteiger partial charge in [-0.15, -0.1) is 0 Å². The maximum Gasteiger partial charge on any atom is 0.180 e. The fourth-order valence-corrected chi connectivity index (χ4v) is 6.74. The predicted octanol–water partition coefficient (Wildman–Crippen LogP) is 7.26. The second kappa shape index (κ2) is 13.9. The number of benzene rings is 3. The Balaban J connectivity index is 1.13. The minimum absolute atomic E-state index is 0.0674. The number of aromatic nitrogens is 3. The number of hydrogen-bond acceptors (Lipinski definition) is 9. The summed E-state index contributed by atoms with van der Waals surface area (Å²) in [7, 11) is -3.43. The van der Waals surface area contributed by atoms with Gasteiger partial charge in [-0.2, -0.15) is 0 Å². The molecule has 6 rings (SSSR count). The zero-order valence-corrected chi connectivity index (χ0v) is 27.0. The number of nitrogens with one attached hydrogen (secondary N) is 1. The largest absolute Gasteiger partial charge is 0.488 e. The smallest absolute Gasteiger partial charge is 0.180 e.